The zero-order valence-corrected chi connectivity index (χ0v) is 12.5. The van der Waals surface area contributed by atoms with Gasteiger partial charge >= 0.3 is 0 Å². The Labute approximate surface area is 130 Å². The van der Waals surface area contributed by atoms with Crippen LogP contribution in [0.25, 0.3) is 0 Å². The SMILES string of the molecule is CCOc1cc(F)ccc1NC(=O)c1cc(Cl)nc(Cl)c1. The number of nitrogens with zero attached hydrogens (tertiary/aromatic N) is 1. The van der Waals surface area contributed by atoms with Crippen molar-refractivity contribution in [3.63, 3.8) is 0 Å². The zero-order chi connectivity index (χ0) is 15.4. The Morgan fingerprint density at radius 3 is 2.57 bits per heavy atom. The number of hydrogen-bond acceptors (Lipinski definition) is 3. The summed E-state index contributed by atoms with van der Waals surface area (Å²) < 4.78 is 18.5. The normalized spacial score (nSPS) is 10.3. The third kappa shape index (κ3) is 4.06. The lowest BCUT2D eigenvalue weighted by atomic mass is 10.2. The highest BCUT2D eigenvalue weighted by atomic mass is 35.5. The van der Waals surface area contributed by atoms with Gasteiger partial charge in [-0.15, -0.1) is 0 Å². The minimum Gasteiger partial charge on any atom is -0.492 e. The van der Waals surface area contributed by atoms with Crippen molar-refractivity contribution in [3.05, 3.63) is 52.0 Å². The van der Waals surface area contributed by atoms with Gasteiger partial charge in [0.25, 0.3) is 5.91 Å². The van der Waals surface area contributed by atoms with Gasteiger partial charge in [-0.05, 0) is 31.2 Å². The molecule has 2 aromatic rings. The fraction of sp³-hybridized carbons (Fsp3) is 0.143. The van der Waals surface area contributed by atoms with E-state index in [2.05, 4.69) is 10.3 Å². The number of anilines is 1. The Morgan fingerprint density at radius 1 is 1.29 bits per heavy atom. The second kappa shape index (κ2) is 6.74. The molecule has 4 nitrogen and oxygen atoms in total. The fourth-order valence-electron chi connectivity index (χ4n) is 1.66. The predicted octanol–water partition coefficient (Wildman–Crippen LogP) is 4.18. The standard InChI is InChI=1S/C14H11Cl2FN2O2/c1-2-21-11-7-9(17)3-4-10(11)18-14(20)8-5-12(15)19-13(16)6-8/h3-7H,2H2,1H3,(H,18,20). The number of amides is 1. The number of hydrogen-bond donors (Lipinski definition) is 1. The summed E-state index contributed by atoms with van der Waals surface area (Å²) in [4.78, 5) is 15.9. The monoisotopic (exact) mass is 328 g/mol. The van der Waals surface area contributed by atoms with E-state index < -0.39 is 11.7 Å². The number of nitrogens with one attached hydrogen (secondary N) is 1. The molecule has 0 saturated carbocycles. The Kier molecular flexibility index (Phi) is 4.98. The van der Waals surface area contributed by atoms with E-state index in [9.17, 15) is 9.18 Å². The van der Waals surface area contributed by atoms with E-state index in [1.165, 1.54) is 30.3 Å². The van der Waals surface area contributed by atoms with Crippen LogP contribution in [0.4, 0.5) is 10.1 Å². The van der Waals surface area contributed by atoms with Gasteiger partial charge in [0.15, 0.2) is 0 Å². The van der Waals surface area contributed by atoms with Crippen LogP contribution >= 0.6 is 23.2 Å². The molecule has 21 heavy (non-hydrogen) atoms. The van der Waals surface area contributed by atoms with Crippen molar-refractivity contribution in [1.82, 2.24) is 4.98 Å². The Balaban J connectivity index is 2.26. The van der Waals surface area contributed by atoms with Crippen molar-refractivity contribution in [2.75, 3.05) is 11.9 Å². The Hall–Kier alpha value is -1.85. The minimum absolute atomic E-state index is 0.108. The average molecular weight is 329 g/mol. The lowest BCUT2D eigenvalue weighted by molar-refractivity contribution is 0.102. The molecule has 1 aromatic carbocycles. The molecule has 110 valence electrons. The first-order valence-electron chi connectivity index (χ1n) is 6.06. The molecule has 0 aliphatic rings. The van der Waals surface area contributed by atoms with Crippen LogP contribution in [0, 0.1) is 5.82 Å². The fourth-order valence-corrected chi connectivity index (χ4v) is 2.13. The van der Waals surface area contributed by atoms with Gasteiger partial charge in [0, 0.05) is 11.6 Å². The first kappa shape index (κ1) is 15.5. The Morgan fingerprint density at radius 2 is 1.95 bits per heavy atom. The van der Waals surface area contributed by atoms with Gasteiger partial charge in [0.2, 0.25) is 0 Å². The summed E-state index contributed by atoms with van der Waals surface area (Å²) in [6.45, 7) is 2.11. The van der Waals surface area contributed by atoms with E-state index in [0.29, 0.717) is 12.3 Å². The van der Waals surface area contributed by atoms with Gasteiger partial charge in [0.1, 0.15) is 21.9 Å². The van der Waals surface area contributed by atoms with E-state index in [0.717, 1.165) is 0 Å². The highest BCUT2D eigenvalue weighted by molar-refractivity contribution is 6.33. The van der Waals surface area contributed by atoms with Gasteiger partial charge in [0.05, 0.1) is 12.3 Å². The summed E-state index contributed by atoms with van der Waals surface area (Å²) in [5.41, 5.74) is 0.596. The van der Waals surface area contributed by atoms with Crippen molar-refractivity contribution in [2.24, 2.45) is 0 Å². The number of aromatic nitrogens is 1. The molecule has 0 aliphatic carbocycles. The lowest BCUT2D eigenvalue weighted by Gasteiger charge is -2.11. The highest BCUT2D eigenvalue weighted by Gasteiger charge is 2.12. The summed E-state index contributed by atoms with van der Waals surface area (Å²) in [5, 5.41) is 2.83. The highest BCUT2D eigenvalue weighted by Crippen LogP contribution is 2.26. The van der Waals surface area contributed by atoms with Gasteiger partial charge < -0.3 is 10.1 Å². The van der Waals surface area contributed by atoms with E-state index in [1.54, 1.807) is 6.92 Å². The van der Waals surface area contributed by atoms with Gasteiger partial charge in [-0.2, -0.15) is 0 Å². The van der Waals surface area contributed by atoms with Crippen molar-refractivity contribution < 1.29 is 13.9 Å². The first-order valence-corrected chi connectivity index (χ1v) is 6.82. The summed E-state index contributed by atoms with van der Waals surface area (Å²) in [6.07, 6.45) is 0. The molecular formula is C14H11Cl2FN2O2. The summed E-state index contributed by atoms with van der Waals surface area (Å²) >= 11 is 11.5. The summed E-state index contributed by atoms with van der Waals surface area (Å²) in [7, 11) is 0. The number of halogens is 3. The number of carbonyl (C=O) groups is 1. The molecule has 0 spiro atoms. The first-order chi connectivity index (χ1) is 9.99. The second-order valence-electron chi connectivity index (χ2n) is 4.03. The molecule has 0 bridgehead atoms. The number of ether oxygens (including phenoxy) is 1. The third-order valence-electron chi connectivity index (χ3n) is 2.52. The van der Waals surface area contributed by atoms with Crippen LogP contribution in [0.2, 0.25) is 10.3 Å². The zero-order valence-electron chi connectivity index (χ0n) is 11.0. The maximum Gasteiger partial charge on any atom is 0.255 e. The molecule has 0 saturated heterocycles. The molecule has 0 radical (unpaired) electrons. The van der Waals surface area contributed by atoms with Crippen molar-refractivity contribution in [1.29, 1.82) is 0 Å². The molecular weight excluding hydrogens is 318 g/mol. The molecule has 1 aromatic heterocycles. The van der Waals surface area contributed by atoms with Crippen LogP contribution in [0.5, 0.6) is 5.75 Å². The number of rotatable bonds is 4. The van der Waals surface area contributed by atoms with Crippen molar-refractivity contribution in [3.8, 4) is 5.75 Å². The van der Waals surface area contributed by atoms with Gasteiger partial charge in [-0.1, -0.05) is 23.2 Å². The van der Waals surface area contributed by atoms with Crippen molar-refractivity contribution in [2.45, 2.75) is 6.92 Å². The quantitative estimate of drug-likeness (QED) is 0.856. The van der Waals surface area contributed by atoms with E-state index >= 15 is 0 Å². The maximum atomic E-state index is 13.2. The van der Waals surface area contributed by atoms with E-state index in [-0.39, 0.29) is 21.6 Å². The smallest absolute Gasteiger partial charge is 0.255 e. The average Bonchev–Trinajstić information content (AvgIpc) is 2.41. The largest absolute Gasteiger partial charge is 0.492 e. The maximum absolute atomic E-state index is 13.2. The second-order valence-corrected chi connectivity index (χ2v) is 4.80. The molecule has 1 heterocycles. The van der Waals surface area contributed by atoms with Crippen LogP contribution < -0.4 is 10.1 Å². The van der Waals surface area contributed by atoms with Crippen LogP contribution in [-0.4, -0.2) is 17.5 Å². The summed E-state index contributed by atoms with van der Waals surface area (Å²) in [5.74, 6) is -0.655. The van der Waals surface area contributed by atoms with E-state index in [1.807, 2.05) is 0 Å². The molecule has 0 aliphatic heterocycles. The lowest BCUT2D eigenvalue weighted by Crippen LogP contribution is -2.13. The van der Waals surface area contributed by atoms with E-state index in [4.69, 9.17) is 27.9 Å². The van der Waals surface area contributed by atoms with Crippen LogP contribution in [-0.2, 0) is 0 Å². The van der Waals surface area contributed by atoms with Crippen molar-refractivity contribution >= 4 is 34.8 Å². The summed E-state index contributed by atoms with van der Waals surface area (Å²) in [6, 6.07) is 6.61. The molecule has 0 unspecified atom stereocenters. The van der Waals surface area contributed by atoms with Crippen LogP contribution in [0.15, 0.2) is 30.3 Å². The topological polar surface area (TPSA) is 51.2 Å². The predicted molar refractivity (Wildman–Crippen MR) is 79.8 cm³/mol. The molecule has 1 N–H and O–H groups in total. The third-order valence-corrected chi connectivity index (χ3v) is 2.90. The number of carbonyl (C=O) groups excluding carboxylic acids is 1. The Bertz CT molecular complexity index is 660. The molecule has 1 amide bonds. The van der Waals surface area contributed by atoms with Gasteiger partial charge in [-0.3, -0.25) is 4.79 Å². The minimum atomic E-state index is -0.452. The molecule has 0 fully saturated rings. The molecule has 0 atom stereocenters. The number of pyridine rings is 1. The van der Waals surface area contributed by atoms with Gasteiger partial charge in [-0.25, -0.2) is 9.37 Å². The van der Waals surface area contributed by atoms with Crippen LogP contribution in [0.3, 0.4) is 0 Å². The number of benzene rings is 1. The molecule has 2 rings (SSSR count). The van der Waals surface area contributed by atoms with Crippen LogP contribution in [0.1, 0.15) is 17.3 Å². The molecule has 7 heteroatoms.